The van der Waals surface area contributed by atoms with Crippen LogP contribution in [0.1, 0.15) is 23.8 Å². The Morgan fingerprint density at radius 1 is 1.33 bits per heavy atom. The van der Waals surface area contributed by atoms with E-state index in [-0.39, 0.29) is 28.1 Å². The van der Waals surface area contributed by atoms with E-state index in [0.717, 1.165) is 6.07 Å². The number of aromatic nitrogens is 2. The lowest BCUT2D eigenvalue weighted by molar-refractivity contribution is -0.384. The molecule has 1 aromatic heterocycles. The minimum atomic E-state index is -1.42. The van der Waals surface area contributed by atoms with Crippen LogP contribution < -0.4 is 11.0 Å². The highest BCUT2D eigenvalue weighted by Crippen LogP contribution is 2.20. The summed E-state index contributed by atoms with van der Waals surface area (Å²) in [5, 5.41) is 34.1. The Labute approximate surface area is 168 Å². The molecule has 1 unspecified atom stereocenters. The summed E-state index contributed by atoms with van der Waals surface area (Å²) in [6.45, 7) is 0. The van der Waals surface area contributed by atoms with Crippen LogP contribution in [0.2, 0.25) is 0 Å². The van der Waals surface area contributed by atoms with Gasteiger partial charge in [0, 0.05) is 12.1 Å². The molecule has 11 nitrogen and oxygen atoms in total. The molecule has 3 rings (SSSR count). The number of nitro groups is 1. The Morgan fingerprint density at radius 3 is 2.73 bits per heavy atom. The van der Waals surface area contributed by atoms with Crippen molar-refractivity contribution in [2.24, 2.45) is 5.10 Å². The zero-order valence-corrected chi connectivity index (χ0v) is 15.3. The van der Waals surface area contributed by atoms with E-state index in [2.05, 4.69) is 20.5 Å². The monoisotopic (exact) mass is 406 g/mol. The minimum Gasteiger partial charge on any atom is -0.382 e. The Balaban J connectivity index is 2.12. The number of nitro benzene ring substituents is 1. The second-order valence-electron chi connectivity index (χ2n) is 6.05. The van der Waals surface area contributed by atoms with E-state index in [1.807, 2.05) is 0 Å². The number of H-pyrrole nitrogens is 1. The first-order valence-electron chi connectivity index (χ1n) is 8.56. The van der Waals surface area contributed by atoms with Crippen molar-refractivity contribution in [2.45, 2.75) is 12.5 Å². The van der Waals surface area contributed by atoms with Gasteiger partial charge in [-0.15, -0.1) is 0 Å². The Bertz CT molecular complexity index is 1250. The number of carbonyl (C=O) groups excluding carboxylic acids is 1. The van der Waals surface area contributed by atoms with Crippen LogP contribution in [0.3, 0.4) is 0 Å². The van der Waals surface area contributed by atoms with E-state index < -0.39 is 28.9 Å². The van der Waals surface area contributed by atoms with E-state index in [0.29, 0.717) is 5.56 Å². The fraction of sp³-hybridized carbons (Fsp3) is 0.105. The van der Waals surface area contributed by atoms with Crippen molar-refractivity contribution < 1.29 is 14.8 Å². The third-order valence-corrected chi connectivity index (χ3v) is 4.04. The molecule has 1 heterocycles. The molecule has 1 amide bonds. The lowest BCUT2D eigenvalue weighted by atomic mass is 10.0. The lowest BCUT2D eigenvalue weighted by Gasteiger charge is -2.14. The molecule has 3 N–H and O–H groups in total. The van der Waals surface area contributed by atoms with Gasteiger partial charge in [0.1, 0.15) is 18.2 Å². The number of nitrogens with zero attached hydrogens (tertiary/aromatic N) is 4. The standard InChI is InChI=1S/C19H14N6O5/c20-9-8-15(26)23-24-16(18(27)11-4-2-1-3-5-11)17-19(28)22-14-10-12(25(29)30)6-7-13(14)21-17/h1-7,10,18,27H,8H2,(H,22,28)(H,23,26). The van der Waals surface area contributed by atoms with Crippen molar-refractivity contribution in [2.75, 3.05) is 0 Å². The van der Waals surface area contributed by atoms with E-state index in [1.165, 1.54) is 12.1 Å². The van der Waals surface area contributed by atoms with Gasteiger partial charge in [-0.05, 0) is 11.6 Å². The zero-order chi connectivity index (χ0) is 21.7. The molecule has 11 heteroatoms. The van der Waals surface area contributed by atoms with Gasteiger partial charge in [-0.2, -0.15) is 10.4 Å². The van der Waals surface area contributed by atoms with Gasteiger partial charge in [0.2, 0.25) is 0 Å². The molecule has 2 aromatic carbocycles. The molecule has 1 atom stereocenters. The number of aliphatic hydroxyl groups excluding tert-OH is 1. The van der Waals surface area contributed by atoms with Gasteiger partial charge in [-0.3, -0.25) is 19.7 Å². The van der Waals surface area contributed by atoms with Gasteiger partial charge in [-0.1, -0.05) is 30.3 Å². The fourth-order valence-electron chi connectivity index (χ4n) is 2.63. The summed E-state index contributed by atoms with van der Waals surface area (Å²) in [5.74, 6) is -0.733. The van der Waals surface area contributed by atoms with Crippen molar-refractivity contribution in [3.8, 4) is 6.07 Å². The molecule has 3 aromatic rings. The molecule has 0 spiro atoms. The summed E-state index contributed by atoms with van der Waals surface area (Å²) in [7, 11) is 0. The number of amides is 1. The molecule has 150 valence electrons. The van der Waals surface area contributed by atoms with Crippen LogP contribution in [0.4, 0.5) is 5.69 Å². The largest absolute Gasteiger partial charge is 0.382 e. The Hall–Kier alpha value is -4.43. The summed E-state index contributed by atoms with van der Waals surface area (Å²) in [4.78, 5) is 41.2. The number of fused-ring (bicyclic) bond motifs is 1. The zero-order valence-electron chi connectivity index (χ0n) is 15.3. The number of carbonyl (C=O) groups is 1. The Morgan fingerprint density at radius 2 is 2.07 bits per heavy atom. The van der Waals surface area contributed by atoms with Crippen LogP contribution in [-0.2, 0) is 4.79 Å². The SMILES string of the molecule is N#CCC(=O)NN=C(c1nc2ccc([N+](=O)[O-])cc2[nH]c1=O)C(O)c1ccccc1. The molecule has 0 saturated heterocycles. The maximum Gasteiger partial charge on any atom is 0.276 e. The van der Waals surface area contributed by atoms with Gasteiger partial charge in [0.05, 0.1) is 22.0 Å². The second kappa shape index (κ2) is 8.72. The van der Waals surface area contributed by atoms with Crippen LogP contribution in [-0.4, -0.2) is 31.6 Å². The number of nitriles is 1. The molecule has 0 fully saturated rings. The van der Waals surface area contributed by atoms with Gasteiger partial charge in [-0.25, -0.2) is 10.4 Å². The quantitative estimate of drug-likeness (QED) is 0.314. The third-order valence-electron chi connectivity index (χ3n) is 4.04. The number of hydrazone groups is 1. The van der Waals surface area contributed by atoms with Crippen molar-refractivity contribution in [1.29, 1.82) is 5.26 Å². The highest BCUT2D eigenvalue weighted by molar-refractivity contribution is 6.03. The Kier molecular flexibility index (Phi) is 5.90. The first-order chi connectivity index (χ1) is 14.4. The normalized spacial score (nSPS) is 12.2. The maximum atomic E-state index is 12.6. The number of aliphatic hydroxyl groups is 1. The number of non-ortho nitro benzene ring substituents is 1. The first-order valence-corrected chi connectivity index (χ1v) is 8.56. The van der Waals surface area contributed by atoms with Crippen LogP contribution in [0.5, 0.6) is 0 Å². The second-order valence-corrected chi connectivity index (χ2v) is 6.05. The van der Waals surface area contributed by atoms with Crippen LogP contribution in [0.25, 0.3) is 11.0 Å². The summed E-state index contributed by atoms with van der Waals surface area (Å²) in [5.41, 5.74) is 1.30. The van der Waals surface area contributed by atoms with Crippen molar-refractivity contribution in [1.82, 2.24) is 15.4 Å². The number of aromatic amines is 1. The lowest BCUT2D eigenvalue weighted by Crippen LogP contribution is -2.29. The van der Waals surface area contributed by atoms with Gasteiger partial charge < -0.3 is 10.1 Å². The van der Waals surface area contributed by atoms with Crippen LogP contribution in [0, 0.1) is 21.4 Å². The average Bonchev–Trinajstić information content (AvgIpc) is 2.74. The highest BCUT2D eigenvalue weighted by Gasteiger charge is 2.23. The van der Waals surface area contributed by atoms with E-state index in [1.54, 1.807) is 36.4 Å². The minimum absolute atomic E-state index is 0.125. The van der Waals surface area contributed by atoms with Crippen LogP contribution >= 0.6 is 0 Å². The molecule has 0 bridgehead atoms. The van der Waals surface area contributed by atoms with Gasteiger partial charge >= 0.3 is 0 Å². The number of hydrogen-bond donors (Lipinski definition) is 3. The predicted molar refractivity (Wildman–Crippen MR) is 105 cm³/mol. The number of nitrogens with one attached hydrogen (secondary N) is 2. The summed E-state index contributed by atoms with van der Waals surface area (Å²) in [6.07, 6.45) is -1.89. The summed E-state index contributed by atoms with van der Waals surface area (Å²) < 4.78 is 0. The number of benzene rings is 2. The fourth-order valence-corrected chi connectivity index (χ4v) is 2.63. The van der Waals surface area contributed by atoms with Gasteiger partial charge in [0.15, 0.2) is 5.69 Å². The van der Waals surface area contributed by atoms with E-state index >= 15 is 0 Å². The van der Waals surface area contributed by atoms with E-state index in [9.17, 15) is 24.8 Å². The molecule has 0 aliphatic carbocycles. The molecule has 30 heavy (non-hydrogen) atoms. The summed E-state index contributed by atoms with van der Waals surface area (Å²) >= 11 is 0. The molecule has 0 radical (unpaired) electrons. The number of rotatable bonds is 6. The average molecular weight is 406 g/mol. The molecular formula is C19H14N6O5. The van der Waals surface area contributed by atoms with E-state index in [4.69, 9.17) is 5.26 Å². The molecule has 0 aliphatic rings. The van der Waals surface area contributed by atoms with Crippen LogP contribution in [0.15, 0.2) is 58.4 Å². The third kappa shape index (κ3) is 4.34. The molecule has 0 aliphatic heterocycles. The first kappa shape index (κ1) is 20.3. The number of hydrogen-bond acceptors (Lipinski definition) is 8. The van der Waals surface area contributed by atoms with Crippen molar-refractivity contribution in [3.63, 3.8) is 0 Å². The highest BCUT2D eigenvalue weighted by atomic mass is 16.6. The summed E-state index contributed by atoms with van der Waals surface area (Å²) in [6, 6.07) is 13.6. The maximum absolute atomic E-state index is 12.6. The molecule has 0 saturated carbocycles. The molecular weight excluding hydrogens is 392 g/mol. The van der Waals surface area contributed by atoms with Crippen molar-refractivity contribution in [3.05, 3.63) is 80.3 Å². The smallest absolute Gasteiger partial charge is 0.276 e. The van der Waals surface area contributed by atoms with Gasteiger partial charge in [0.25, 0.3) is 17.2 Å². The van der Waals surface area contributed by atoms with Crippen molar-refractivity contribution >= 4 is 28.3 Å². The predicted octanol–water partition coefficient (Wildman–Crippen LogP) is 1.30. The topological polar surface area (TPSA) is 174 Å².